The molecule has 2 nitrogen and oxygen atoms in total. The first-order valence-electron chi connectivity index (χ1n) is 6.00. The summed E-state index contributed by atoms with van der Waals surface area (Å²) < 4.78 is 0. The highest BCUT2D eigenvalue weighted by atomic mass is 35.5. The van der Waals surface area contributed by atoms with Gasteiger partial charge in [-0.15, -0.1) is 22.9 Å². The van der Waals surface area contributed by atoms with E-state index in [9.17, 15) is 0 Å². The summed E-state index contributed by atoms with van der Waals surface area (Å²) >= 11 is 7.61. The zero-order valence-electron chi connectivity index (χ0n) is 9.79. The van der Waals surface area contributed by atoms with Gasteiger partial charge >= 0.3 is 0 Å². The van der Waals surface area contributed by atoms with Gasteiger partial charge in [-0.2, -0.15) is 0 Å². The second-order valence-corrected chi connectivity index (χ2v) is 5.90. The zero-order valence-corrected chi connectivity index (χ0v) is 11.4. The van der Waals surface area contributed by atoms with E-state index in [0.29, 0.717) is 6.04 Å². The molecule has 1 aromatic rings. The van der Waals surface area contributed by atoms with Gasteiger partial charge in [0.05, 0.1) is 10.7 Å². The minimum atomic E-state index is 0.674. The largest absolute Gasteiger partial charge is 0.294 e. The lowest BCUT2D eigenvalue weighted by Gasteiger charge is -2.35. The molecule has 1 aliphatic rings. The van der Waals surface area contributed by atoms with Crippen LogP contribution >= 0.6 is 22.9 Å². The van der Waals surface area contributed by atoms with Crippen molar-refractivity contribution >= 4 is 22.9 Å². The average Bonchev–Trinajstić information content (AvgIpc) is 2.67. The van der Waals surface area contributed by atoms with E-state index >= 15 is 0 Å². The minimum absolute atomic E-state index is 0.674. The number of halogens is 1. The van der Waals surface area contributed by atoms with Gasteiger partial charge in [-0.25, -0.2) is 4.98 Å². The average molecular weight is 259 g/mol. The van der Waals surface area contributed by atoms with E-state index in [1.807, 2.05) is 0 Å². The number of alkyl halides is 1. The van der Waals surface area contributed by atoms with Crippen molar-refractivity contribution in [2.45, 2.75) is 45.2 Å². The van der Waals surface area contributed by atoms with Crippen LogP contribution in [-0.2, 0) is 6.54 Å². The van der Waals surface area contributed by atoms with Crippen LogP contribution in [0, 0.1) is 6.92 Å². The van der Waals surface area contributed by atoms with Crippen LogP contribution in [0.2, 0.25) is 0 Å². The molecule has 16 heavy (non-hydrogen) atoms. The van der Waals surface area contributed by atoms with Gasteiger partial charge in [0.25, 0.3) is 0 Å². The fourth-order valence-electron chi connectivity index (χ4n) is 2.41. The van der Waals surface area contributed by atoms with Gasteiger partial charge < -0.3 is 0 Å². The predicted molar refractivity (Wildman–Crippen MR) is 70.2 cm³/mol. The first-order valence-corrected chi connectivity index (χ1v) is 7.42. The summed E-state index contributed by atoms with van der Waals surface area (Å²) in [6.07, 6.45) is 5.09. The van der Waals surface area contributed by atoms with Crippen LogP contribution in [-0.4, -0.2) is 28.4 Å². The molecule has 0 radical (unpaired) electrons. The van der Waals surface area contributed by atoms with E-state index in [-0.39, 0.29) is 0 Å². The minimum Gasteiger partial charge on any atom is -0.294 e. The lowest BCUT2D eigenvalue weighted by Crippen LogP contribution is -2.39. The summed E-state index contributed by atoms with van der Waals surface area (Å²) in [6, 6.07) is 0.674. The topological polar surface area (TPSA) is 16.1 Å². The van der Waals surface area contributed by atoms with Gasteiger partial charge in [0.1, 0.15) is 0 Å². The van der Waals surface area contributed by atoms with Gasteiger partial charge in [-0.1, -0.05) is 6.42 Å². The van der Waals surface area contributed by atoms with Gasteiger partial charge in [0.15, 0.2) is 0 Å². The Labute approximate surface area is 107 Å². The Hall–Kier alpha value is -0.120. The molecule has 4 heteroatoms. The van der Waals surface area contributed by atoms with Crippen molar-refractivity contribution in [3.05, 3.63) is 16.1 Å². The Morgan fingerprint density at radius 1 is 1.56 bits per heavy atom. The van der Waals surface area contributed by atoms with Crippen molar-refractivity contribution in [1.82, 2.24) is 9.88 Å². The van der Waals surface area contributed by atoms with Crippen molar-refractivity contribution in [2.75, 3.05) is 12.4 Å². The summed E-state index contributed by atoms with van der Waals surface area (Å²) in [5.41, 5.74) is 1.23. The lowest BCUT2D eigenvalue weighted by molar-refractivity contribution is 0.135. The third-order valence-corrected chi connectivity index (χ3v) is 4.26. The summed E-state index contributed by atoms with van der Waals surface area (Å²) in [5, 5.41) is 3.35. The van der Waals surface area contributed by atoms with E-state index in [1.165, 1.54) is 36.5 Å². The number of aromatic nitrogens is 1. The number of aryl methyl sites for hydroxylation is 1. The third kappa shape index (κ3) is 3.19. The maximum atomic E-state index is 5.87. The second kappa shape index (κ2) is 5.99. The molecule has 1 aromatic heterocycles. The molecule has 0 saturated carbocycles. The Bertz CT molecular complexity index is 325. The molecule has 0 bridgehead atoms. The lowest BCUT2D eigenvalue weighted by atomic mass is 10.00. The van der Waals surface area contributed by atoms with Gasteiger partial charge in [-0.3, -0.25) is 4.90 Å². The van der Waals surface area contributed by atoms with Crippen LogP contribution in [0.3, 0.4) is 0 Å². The van der Waals surface area contributed by atoms with Crippen molar-refractivity contribution in [3.63, 3.8) is 0 Å². The second-order valence-electron chi connectivity index (χ2n) is 4.46. The van der Waals surface area contributed by atoms with E-state index in [4.69, 9.17) is 11.6 Å². The van der Waals surface area contributed by atoms with Crippen LogP contribution in [0.1, 0.15) is 36.4 Å². The number of piperidine rings is 1. The van der Waals surface area contributed by atoms with Crippen LogP contribution in [0.25, 0.3) is 0 Å². The molecule has 0 N–H and O–H groups in total. The summed E-state index contributed by atoms with van der Waals surface area (Å²) in [7, 11) is 0. The van der Waals surface area contributed by atoms with Crippen molar-refractivity contribution in [1.29, 1.82) is 0 Å². The molecule has 0 aromatic carbocycles. The Morgan fingerprint density at radius 3 is 3.12 bits per heavy atom. The summed E-state index contributed by atoms with van der Waals surface area (Å²) in [6.45, 7) is 4.28. The molecule has 90 valence electrons. The molecule has 1 atom stereocenters. The molecule has 0 aliphatic carbocycles. The highest BCUT2D eigenvalue weighted by molar-refractivity contribution is 7.09. The monoisotopic (exact) mass is 258 g/mol. The van der Waals surface area contributed by atoms with E-state index in [1.54, 1.807) is 11.3 Å². The van der Waals surface area contributed by atoms with Gasteiger partial charge in [-0.05, 0) is 32.7 Å². The Kier molecular flexibility index (Phi) is 4.62. The predicted octanol–water partition coefficient (Wildman–Crippen LogP) is 3.43. The van der Waals surface area contributed by atoms with E-state index < -0.39 is 0 Å². The number of hydrogen-bond donors (Lipinski definition) is 0. The summed E-state index contributed by atoms with van der Waals surface area (Å²) in [4.78, 5) is 7.10. The van der Waals surface area contributed by atoms with E-state index in [2.05, 4.69) is 22.2 Å². The fourth-order valence-corrected chi connectivity index (χ4v) is 3.27. The SMILES string of the molecule is Cc1nc(CN2CCCCC2CCCl)cs1. The molecule has 2 rings (SSSR count). The standard InChI is InChI=1S/C12H19ClN2S/c1-10-14-11(9-16-10)8-15-7-3-2-4-12(15)5-6-13/h9,12H,2-8H2,1H3. The van der Waals surface area contributed by atoms with Crippen molar-refractivity contribution in [3.8, 4) is 0 Å². The first-order chi connectivity index (χ1) is 7.79. The molecule has 0 amide bonds. The molecular weight excluding hydrogens is 240 g/mol. The number of likely N-dealkylation sites (tertiary alicyclic amines) is 1. The van der Waals surface area contributed by atoms with Crippen LogP contribution in [0.4, 0.5) is 0 Å². The van der Waals surface area contributed by atoms with Crippen molar-refractivity contribution in [2.24, 2.45) is 0 Å². The molecular formula is C12H19ClN2S. The number of rotatable bonds is 4. The molecule has 1 saturated heterocycles. The van der Waals surface area contributed by atoms with Crippen LogP contribution < -0.4 is 0 Å². The maximum absolute atomic E-state index is 5.87. The molecule has 2 heterocycles. The quantitative estimate of drug-likeness (QED) is 0.770. The first kappa shape index (κ1) is 12.3. The number of hydrogen-bond acceptors (Lipinski definition) is 3. The smallest absolute Gasteiger partial charge is 0.0897 e. The summed E-state index contributed by atoms with van der Waals surface area (Å²) in [5.74, 6) is 0.775. The Balaban J connectivity index is 1.95. The molecule has 0 spiro atoms. The highest BCUT2D eigenvalue weighted by Crippen LogP contribution is 2.22. The zero-order chi connectivity index (χ0) is 11.4. The normalized spacial score (nSPS) is 22.5. The molecule has 1 fully saturated rings. The molecule has 1 aliphatic heterocycles. The van der Waals surface area contributed by atoms with Crippen LogP contribution in [0.5, 0.6) is 0 Å². The van der Waals surface area contributed by atoms with Crippen molar-refractivity contribution < 1.29 is 0 Å². The molecule has 1 unspecified atom stereocenters. The number of nitrogens with zero attached hydrogens (tertiary/aromatic N) is 2. The maximum Gasteiger partial charge on any atom is 0.0897 e. The third-order valence-electron chi connectivity index (χ3n) is 3.22. The Morgan fingerprint density at radius 2 is 2.44 bits per heavy atom. The van der Waals surface area contributed by atoms with Crippen LogP contribution in [0.15, 0.2) is 5.38 Å². The highest BCUT2D eigenvalue weighted by Gasteiger charge is 2.22. The fraction of sp³-hybridized carbons (Fsp3) is 0.750. The van der Waals surface area contributed by atoms with Gasteiger partial charge in [0.2, 0.25) is 0 Å². The van der Waals surface area contributed by atoms with Gasteiger partial charge in [0, 0.05) is 23.8 Å². The van der Waals surface area contributed by atoms with E-state index in [0.717, 1.165) is 18.8 Å². The number of thiazole rings is 1.